The van der Waals surface area contributed by atoms with Gasteiger partial charge in [-0.2, -0.15) is 5.26 Å². The van der Waals surface area contributed by atoms with Crippen LogP contribution in [0.25, 0.3) is 16.6 Å². The highest BCUT2D eigenvalue weighted by Gasteiger charge is 2.25. The number of amidine groups is 2. The zero-order valence-corrected chi connectivity index (χ0v) is 18.7. The number of nitrogens with two attached hydrogens (primary N) is 2. The molecule has 2 unspecified atom stereocenters. The quantitative estimate of drug-likeness (QED) is 0.356. The lowest BCUT2D eigenvalue weighted by Gasteiger charge is -2.21. The molecule has 0 spiro atoms. The highest BCUT2D eigenvalue weighted by Crippen LogP contribution is 2.28. The Balaban J connectivity index is 2.38. The molecule has 0 saturated carbocycles. The minimum atomic E-state index is -1.23. The average molecular weight is 469 g/mol. The van der Waals surface area contributed by atoms with Crippen LogP contribution in [0.2, 0.25) is 5.02 Å². The Morgan fingerprint density at radius 1 is 1.36 bits per heavy atom. The van der Waals surface area contributed by atoms with E-state index in [1.54, 1.807) is 18.2 Å². The molecule has 0 saturated heterocycles. The number of rotatable bonds is 7. The van der Waals surface area contributed by atoms with Crippen molar-refractivity contribution < 1.29 is 4.39 Å². The van der Waals surface area contributed by atoms with Crippen molar-refractivity contribution in [2.24, 2.45) is 28.3 Å². The van der Waals surface area contributed by atoms with Crippen LogP contribution in [0.4, 0.5) is 4.39 Å². The first kappa shape index (κ1) is 23.8. The second kappa shape index (κ2) is 9.75. The van der Waals surface area contributed by atoms with E-state index in [9.17, 15) is 14.4 Å². The summed E-state index contributed by atoms with van der Waals surface area (Å²) < 4.78 is 15.2. The lowest BCUT2D eigenvalue weighted by Crippen LogP contribution is -2.35. The number of benzene rings is 1. The molecule has 2 atom stereocenters. The number of fused-ring (bicyclic) bond motifs is 1. The highest BCUT2D eigenvalue weighted by atomic mass is 35.5. The minimum Gasteiger partial charge on any atom is -0.386 e. The summed E-state index contributed by atoms with van der Waals surface area (Å²) in [6, 6.07) is 7.04. The minimum absolute atomic E-state index is 0.0791. The van der Waals surface area contributed by atoms with Gasteiger partial charge in [-0.05, 0) is 24.5 Å². The zero-order chi connectivity index (χ0) is 24.3. The second-order valence-electron chi connectivity index (χ2n) is 7.82. The number of aliphatic imine (C=N–C) groups is 1. The molecule has 0 aliphatic rings. The largest absolute Gasteiger partial charge is 0.386 e. The van der Waals surface area contributed by atoms with Crippen molar-refractivity contribution in [1.82, 2.24) is 14.5 Å². The van der Waals surface area contributed by atoms with Crippen molar-refractivity contribution in [2.45, 2.75) is 26.3 Å². The van der Waals surface area contributed by atoms with E-state index >= 15 is 0 Å². The number of nitrogens with one attached hydrogen (secondary N) is 1. The molecule has 0 aliphatic carbocycles. The number of nitrogens with zero attached hydrogens (tertiary/aromatic N) is 5. The van der Waals surface area contributed by atoms with Gasteiger partial charge in [-0.15, -0.1) is 0 Å². The first-order valence-corrected chi connectivity index (χ1v) is 10.4. The lowest BCUT2D eigenvalue weighted by molar-refractivity contribution is 0.485. The summed E-state index contributed by atoms with van der Waals surface area (Å²) in [5.74, 6) is -2.26. The summed E-state index contributed by atoms with van der Waals surface area (Å²) in [4.78, 5) is 26.5. The summed E-state index contributed by atoms with van der Waals surface area (Å²) in [6.45, 7) is 3.88. The molecule has 0 aliphatic heterocycles. The van der Waals surface area contributed by atoms with Gasteiger partial charge in [-0.3, -0.25) is 24.7 Å². The van der Waals surface area contributed by atoms with E-state index in [0.29, 0.717) is 11.9 Å². The van der Waals surface area contributed by atoms with Gasteiger partial charge in [0.2, 0.25) is 0 Å². The first-order chi connectivity index (χ1) is 15.6. The normalized spacial score (nSPS) is 13.6. The van der Waals surface area contributed by atoms with Gasteiger partial charge in [-0.25, -0.2) is 9.37 Å². The fourth-order valence-corrected chi connectivity index (χ4v) is 3.67. The number of aromatic nitrogens is 3. The summed E-state index contributed by atoms with van der Waals surface area (Å²) in [5, 5.41) is 17.3. The topological polar surface area (TPSA) is 160 Å². The van der Waals surface area contributed by atoms with Gasteiger partial charge < -0.3 is 11.5 Å². The summed E-state index contributed by atoms with van der Waals surface area (Å²) in [7, 11) is 0. The van der Waals surface area contributed by atoms with E-state index in [-0.39, 0.29) is 33.7 Å². The third-order valence-electron chi connectivity index (χ3n) is 4.85. The average Bonchev–Trinajstić information content (AvgIpc) is 2.73. The van der Waals surface area contributed by atoms with Crippen LogP contribution >= 0.6 is 11.6 Å². The van der Waals surface area contributed by atoms with Gasteiger partial charge in [0.15, 0.2) is 5.92 Å². The SMILES string of the molecule is CC(C)CC(N=C(N)C(C#N)C(=N)N)c1nc2cccc(Cl)c2c(=O)n1-c1cncc(F)c1. The molecule has 3 aromatic rings. The predicted octanol–water partition coefficient (Wildman–Crippen LogP) is 3.09. The summed E-state index contributed by atoms with van der Waals surface area (Å²) in [6.07, 6.45) is 2.73. The van der Waals surface area contributed by atoms with Crippen molar-refractivity contribution in [3.8, 4) is 11.8 Å². The van der Waals surface area contributed by atoms with Gasteiger partial charge in [0.25, 0.3) is 5.56 Å². The Labute approximate surface area is 194 Å². The second-order valence-corrected chi connectivity index (χ2v) is 8.23. The van der Waals surface area contributed by atoms with Crippen molar-refractivity contribution in [3.05, 3.63) is 63.7 Å². The molecule has 33 heavy (non-hydrogen) atoms. The Hall–Kier alpha value is -3.84. The molecule has 170 valence electrons. The van der Waals surface area contributed by atoms with Gasteiger partial charge in [-0.1, -0.05) is 31.5 Å². The third kappa shape index (κ3) is 4.99. The standard InChI is InChI=1S/C22H22ClFN8O/c1-11(2)6-17(30-20(28)14(8-25)19(26)27)21-31-16-5-3-4-15(23)18(16)22(33)32(21)13-7-12(24)9-29-10-13/h3-5,7,9-11,14,17H,6H2,1-2H3,(H3,26,27)(H2,28,30). The smallest absolute Gasteiger partial charge is 0.267 e. The van der Waals surface area contributed by atoms with Crippen molar-refractivity contribution >= 4 is 34.2 Å². The molecule has 5 N–H and O–H groups in total. The predicted molar refractivity (Wildman–Crippen MR) is 125 cm³/mol. The third-order valence-corrected chi connectivity index (χ3v) is 5.17. The van der Waals surface area contributed by atoms with Crippen LogP contribution in [-0.2, 0) is 0 Å². The Bertz CT molecular complexity index is 1340. The molecule has 2 heterocycles. The Morgan fingerprint density at radius 2 is 2.09 bits per heavy atom. The monoisotopic (exact) mass is 468 g/mol. The van der Waals surface area contributed by atoms with Gasteiger partial charge >= 0.3 is 0 Å². The van der Waals surface area contributed by atoms with E-state index < -0.39 is 29.2 Å². The molecule has 2 aromatic heterocycles. The molecule has 3 rings (SSSR count). The maximum absolute atomic E-state index is 14.0. The Kier molecular flexibility index (Phi) is 7.04. The number of halogens is 2. The highest BCUT2D eigenvalue weighted by molar-refractivity contribution is 6.35. The lowest BCUT2D eigenvalue weighted by atomic mass is 10.0. The van der Waals surface area contributed by atoms with Gasteiger partial charge in [0.05, 0.1) is 40.1 Å². The van der Waals surface area contributed by atoms with Gasteiger partial charge in [0.1, 0.15) is 29.4 Å². The van der Waals surface area contributed by atoms with Gasteiger partial charge in [0, 0.05) is 6.07 Å². The first-order valence-electron chi connectivity index (χ1n) is 10.0. The van der Waals surface area contributed by atoms with Crippen LogP contribution in [0.1, 0.15) is 32.1 Å². The van der Waals surface area contributed by atoms with Crippen molar-refractivity contribution in [1.29, 1.82) is 10.7 Å². The number of hydrogen-bond acceptors (Lipinski definition) is 6. The molecule has 9 nitrogen and oxygen atoms in total. The van der Waals surface area contributed by atoms with E-state index in [1.807, 2.05) is 19.9 Å². The van der Waals surface area contributed by atoms with Crippen molar-refractivity contribution in [2.75, 3.05) is 0 Å². The molecular weight excluding hydrogens is 447 g/mol. The van der Waals surface area contributed by atoms with E-state index in [0.717, 1.165) is 12.3 Å². The van der Waals surface area contributed by atoms with Crippen LogP contribution in [0.5, 0.6) is 0 Å². The fraction of sp³-hybridized carbons (Fsp3) is 0.273. The molecular formula is C22H22ClFN8O. The fourth-order valence-electron chi connectivity index (χ4n) is 3.41. The number of nitriles is 1. The molecule has 0 amide bonds. The summed E-state index contributed by atoms with van der Waals surface area (Å²) >= 11 is 6.28. The maximum Gasteiger partial charge on any atom is 0.267 e. The number of hydrogen-bond donors (Lipinski definition) is 3. The van der Waals surface area contributed by atoms with Crippen molar-refractivity contribution in [3.63, 3.8) is 0 Å². The molecule has 1 aromatic carbocycles. The van der Waals surface area contributed by atoms with E-state index in [4.69, 9.17) is 28.5 Å². The Morgan fingerprint density at radius 3 is 2.70 bits per heavy atom. The van der Waals surface area contributed by atoms with Crippen LogP contribution in [0.15, 0.2) is 46.4 Å². The number of pyridine rings is 1. The molecule has 0 fully saturated rings. The van der Waals surface area contributed by atoms with E-state index in [2.05, 4.69) is 15.0 Å². The molecule has 0 radical (unpaired) electrons. The van der Waals surface area contributed by atoms with Crippen LogP contribution in [-0.4, -0.2) is 26.2 Å². The maximum atomic E-state index is 14.0. The van der Waals surface area contributed by atoms with Crippen LogP contribution in [0, 0.1) is 34.4 Å². The van der Waals surface area contributed by atoms with E-state index in [1.165, 1.54) is 10.8 Å². The molecule has 0 bridgehead atoms. The summed E-state index contributed by atoms with van der Waals surface area (Å²) in [5.41, 5.74) is 11.4. The molecule has 11 heteroatoms. The van der Waals surface area contributed by atoms with Crippen LogP contribution < -0.4 is 17.0 Å². The zero-order valence-electron chi connectivity index (χ0n) is 18.0. The van der Waals surface area contributed by atoms with Crippen LogP contribution in [0.3, 0.4) is 0 Å².